The van der Waals surface area contributed by atoms with Gasteiger partial charge < -0.3 is 10.2 Å². The fourth-order valence-electron chi connectivity index (χ4n) is 1.09. The Bertz CT molecular complexity index is 341. The first-order chi connectivity index (χ1) is 7.15. The normalized spacial score (nSPS) is 9.80. The lowest BCUT2D eigenvalue weighted by atomic mass is 10.2. The molecule has 1 rings (SSSR count). The summed E-state index contributed by atoms with van der Waals surface area (Å²) in [6.07, 6.45) is 0. The van der Waals surface area contributed by atoms with Gasteiger partial charge >= 0.3 is 6.03 Å². The SMILES string of the molecule is CCN(C)C(=O)NCc1ccccc1Br. The highest BCUT2D eigenvalue weighted by molar-refractivity contribution is 9.10. The summed E-state index contributed by atoms with van der Waals surface area (Å²) in [5.41, 5.74) is 1.08. The van der Waals surface area contributed by atoms with E-state index in [4.69, 9.17) is 0 Å². The molecule has 1 aromatic rings. The number of nitrogens with one attached hydrogen (secondary N) is 1. The van der Waals surface area contributed by atoms with E-state index in [0.717, 1.165) is 10.0 Å². The lowest BCUT2D eigenvalue weighted by molar-refractivity contribution is 0.210. The van der Waals surface area contributed by atoms with Crippen LogP contribution in [0.2, 0.25) is 0 Å². The third-order valence-corrected chi connectivity index (χ3v) is 2.98. The van der Waals surface area contributed by atoms with Crippen molar-refractivity contribution in [2.75, 3.05) is 13.6 Å². The third-order valence-electron chi connectivity index (χ3n) is 2.21. The van der Waals surface area contributed by atoms with Gasteiger partial charge in [0.25, 0.3) is 0 Å². The minimum atomic E-state index is -0.0479. The van der Waals surface area contributed by atoms with E-state index in [2.05, 4.69) is 21.2 Å². The van der Waals surface area contributed by atoms with E-state index in [1.165, 1.54) is 0 Å². The molecule has 0 atom stereocenters. The van der Waals surface area contributed by atoms with Crippen LogP contribution < -0.4 is 5.32 Å². The number of halogens is 1. The van der Waals surface area contributed by atoms with Crippen LogP contribution in [-0.4, -0.2) is 24.5 Å². The van der Waals surface area contributed by atoms with Gasteiger partial charge in [-0.25, -0.2) is 4.79 Å². The maximum absolute atomic E-state index is 11.5. The van der Waals surface area contributed by atoms with Crippen molar-refractivity contribution in [2.24, 2.45) is 0 Å². The average Bonchev–Trinajstić information content (AvgIpc) is 2.26. The third kappa shape index (κ3) is 3.55. The Balaban J connectivity index is 2.51. The predicted octanol–water partition coefficient (Wildman–Crippen LogP) is 2.61. The molecule has 0 aromatic heterocycles. The van der Waals surface area contributed by atoms with Gasteiger partial charge in [0, 0.05) is 24.6 Å². The molecular formula is C11H15BrN2O. The Morgan fingerprint density at radius 2 is 2.13 bits per heavy atom. The van der Waals surface area contributed by atoms with E-state index in [-0.39, 0.29) is 6.03 Å². The molecule has 0 aliphatic heterocycles. The number of benzene rings is 1. The maximum atomic E-state index is 11.5. The van der Waals surface area contributed by atoms with Crippen LogP contribution in [0.1, 0.15) is 12.5 Å². The molecule has 0 saturated carbocycles. The molecule has 0 saturated heterocycles. The standard InChI is InChI=1S/C11H15BrN2O/c1-3-14(2)11(15)13-8-9-6-4-5-7-10(9)12/h4-7H,3,8H2,1-2H3,(H,13,15). The van der Waals surface area contributed by atoms with Crippen LogP contribution in [0.5, 0.6) is 0 Å². The highest BCUT2D eigenvalue weighted by Gasteiger charge is 2.05. The molecule has 4 heteroatoms. The molecule has 2 amide bonds. The second kappa shape index (κ2) is 5.75. The summed E-state index contributed by atoms with van der Waals surface area (Å²) >= 11 is 3.44. The second-order valence-corrected chi connectivity index (χ2v) is 4.12. The number of urea groups is 1. The van der Waals surface area contributed by atoms with Gasteiger partial charge in [-0.3, -0.25) is 0 Å². The van der Waals surface area contributed by atoms with Gasteiger partial charge in [0.05, 0.1) is 0 Å². The van der Waals surface area contributed by atoms with Crippen molar-refractivity contribution in [1.29, 1.82) is 0 Å². The first kappa shape index (κ1) is 12.0. The van der Waals surface area contributed by atoms with Crippen molar-refractivity contribution in [3.05, 3.63) is 34.3 Å². The molecule has 0 radical (unpaired) electrons. The summed E-state index contributed by atoms with van der Waals surface area (Å²) in [6.45, 7) is 3.20. The molecule has 0 fully saturated rings. The Morgan fingerprint density at radius 1 is 1.47 bits per heavy atom. The zero-order chi connectivity index (χ0) is 11.3. The van der Waals surface area contributed by atoms with Crippen LogP contribution in [0.3, 0.4) is 0 Å². The van der Waals surface area contributed by atoms with Crippen LogP contribution in [0.4, 0.5) is 4.79 Å². The molecule has 1 N–H and O–H groups in total. The van der Waals surface area contributed by atoms with E-state index in [1.807, 2.05) is 31.2 Å². The Kier molecular flexibility index (Phi) is 4.62. The van der Waals surface area contributed by atoms with Crippen molar-refractivity contribution in [3.63, 3.8) is 0 Å². The molecule has 0 unspecified atom stereocenters. The Hall–Kier alpha value is -1.03. The predicted molar refractivity (Wildman–Crippen MR) is 64.7 cm³/mol. The van der Waals surface area contributed by atoms with Gasteiger partial charge in [-0.2, -0.15) is 0 Å². The number of carbonyl (C=O) groups is 1. The smallest absolute Gasteiger partial charge is 0.317 e. The molecule has 0 bridgehead atoms. The Morgan fingerprint density at radius 3 is 2.73 bits per heavy atom. The van der Waals surface area contributed by atoms with Crippen molar-refractivity contribution in [1.82, 2.24) is 10.2 Å². The van der Waals surface area contributed by atoms with E-state index < -0.39 is 0 Å². The number of carbonyl (C=O) groups excluding carboxylic acids is 1. The van der Waals surface area contributed by atoms with Crippen molar-refractivity contribution in [2.45, 2.75) is 13.5 Å². The van der Waals surface area contributed by atoms with E-state index in [0.29, 0.717) is 13.1 Å². The van der Waals surface area contributed by atoms with Crippen LogP contribution >= 0.6 is 15.9 Å². The molecule has 0 heterocycles. The molecule has 15 heavy (non-hydrogen) atoms. The van der Waals surface area contributed by atoms with Gasteiger partial charge in [0.1, 0.15) is 0 Å². The molecule has 82 valence electrons. The van der Waals surface area contributed by atoms with E-state index in [1.54, 1.807) is 11.9 Å². The van der Waals surface area contributed by atoms with Gasteiger partial charge in [0.2, 0.25) is 0 Å². The van der Waals surface area contributed by atoms with Gasteiger partial charge in [-0.15, -0.1) is 0 Å². The number of amides is 2. The monoisotopic (exact) mass is 270 g/mol. The van der Waals surface area contributed by atoms with Crippen molar-refractivity contribution < 1.29 is 4.79 Å². The topological polar surface area (TPSA) is 32.3 Å². The number of hydrogen-bond donors (Lipinski definition) is 1. The highest BCUT2D eigenvalue weighted by Crippen LogP contribution is 2.15. The quantitative estimate of drug-likeness (QED) is 0.900. The second-order valence-electron chi connectivity index (χ2n) is 3.26. The summed E-state index contributed by atoms with van der Waals surface area (Å²) < 4.78 is 1.02. The maximum Gasteiger partial charge on any atom is 0.317 e. The van der Waals surface area contributed by atoms with Crippen LogP contribution in [0, 0.1) is 0 Å². The highest BCUT2D eigenvalue weighted by atomic mass is 79.9. The zero-order valence-electron chi connectivity index (χ0n) is 8.96. The number of rotatable bonds is 3. The lowest BCUT2D eigenvalue weighted by Crippen LogP contribution is -2.36. The largest absolute Gasteiger partial charge is 0.334 e. The minimum absolute atomic E-state index is 0.0479. The summed E-state index contributed by atoms with van der Waals surface area (Å²) in [7, 11) is 1.77. The Labute approximate surface area is 98.6 Å². The minimum Gasteiger partial charge on any atom is -0.334 e. The van der Waals surface area contributed by atoms with Gasteiger partial charge in [-0.05, 0) is 18.6 Å². The summed E-state index contributed by atoms with van der Waals surface area (Å²) in [6, 6.07) is 7.80. The van der Waals surface area contributed by atoms with Crippen molar-refractivity contribution in [3.8, 4) is 0 Å². The average molecular weight is 271 g/mol. The molecule has 1 aromatic carbocycles. The molecular weight excluding hydrogens is 256 g/mol. The summed E-state index contributed by atoms with van der Waals surface area (Å²) in [5, 5.41) is 2.85. The summed E-state index contributed by atoms with van der Waals surface area (Å²) in [4.78, 5) is 13.1. The van der Waals surface area contributed by atoms with Gasteiger partial charge in [-0.1, -0.05) is 34.1 Å². The fraction of sp³-hybridized carbons (Fsp3) is 0.364. The lowest BCUT2D eigenvalue weighted by Gasteiger charge is -2.15. The van der Waals surface area contributed by atoms with Crippen LogP contribution in [-0.2, 0) is 6.54 Å². The van der Waals surface area contributed by atoms with E-state index in [9.17, 15) is 4.79 Å². The molecule has 0 aliphatic rings. The van der Waals surface area contributed by atoms with Crippen LogP contribution in [0.15, 0.2) is 28.7 Å². The van der Waals surface area contributed by atoms with E-state index >= 15 is 0 Å². The van der Waals surface area contributed by atoms with Crippen molar-refractivity contribution >= 4 is 22.0 Å². The first-order valence-corrected chi connectivity index (χ1v) is 5.66. The molecule has 0 aliphatic carbocycles. The number of nitrogens with zero attached hydrogens (tertiary/aromatic N) is 1. The fourth-order valence-corrected chi connectivity index (χ4v) is 1.52. The van der Waals surface area contributed by atoms with Crippen LogP contribution in [0.25, 0.3) is 0 Å². The number of hydrogen-bond acceptors (Lipinski definition) is 1. The molecule has 3 nitrogen and oxygen atoms in total. The zero-order valence-corrected chi connectivity index (χ0v) is 10.5. The summed E-state index contributed by atoms with van der Waals surface area (Å²) in [5.74, 6) is 0. The molecule has 0 spiro atoms. The first-order valence-electron chi connectivity index (χ1n) is 4.87. The van der Waals surface area contributed by atoms with Gasteiger partial charge in [0.15, 0.2) is 0 Å².